The predicted molar refractivity (Wildman–Crippen MR) is 86.2 cm³/mol. The van der Waals surface area contributed by atoms with Crippen LogP contribution in [0, 0.1) is 0 Å². The number of rotatable bonds is 3. The van der Waals surface area contributed by atoms with Gasteiger partial charge in [-0.2, -0.15) is 18.3 Å². The van der Waals surface area contributed by atoms with Gasteiger partial charge in [0.1, 0.15) is 5.75 Å². The lowest BCUT2D eigenvalue weighted by Crippen LogP contribution is -2.05. The van der Waals surface area contributed by atoms with Crippen LogP contribution in [0.5, 0.6) is 5.75 Å². The van der Waals surface area contributed by atoms with Gasteiger partial charge in [0, 0.05) is 10.0 Å². The van der Waals surface area contributed by atoms with Gasteiger partial charge in [0.25, 0.3) is 0 Å². The maximum atomic E-state index is 12.6. The van der Waals surface area contributed by atoms with Crippen molar-refractivity contribution < 1.29 is 18.3 Å². The number of anilines is 1. The standard InChI is InChI=1S/C14H9Br2F3N2O/c15-10-4-8(13(22)12(16)6-10)7-20-21-11-3-1-2-9(5-11)14(17,18)19/h1-7,21-22H. The summed E-state index contributed by atoms with van der Waals surface area (Å²) in [4.78, 5) is 0. The minimum atomic E-state index is -4.41. The molecule has 0 atom stereocenters. The number of hydrogen-bond donors (Lipinski definition) is 2. The number of hydrogen-bond acceptors (Lipinski definition) is 3. The fraction of sp³-hybridized carbons (Fsp3) is 0.0714. The van der Waals surface area contributed by atoms with Crippen LogP contribution in [-0.4, -0.2) is 11.3 Å². The molecule has 2 N–H and O–H groups in total. The van der Waals surface area contributed by atoms with Gasteiger partial charge in [-0.05, 0) is 46.3 Å². The van der Waals surface area contributed by atoms with Crippen LogP contribution in [0.1, 0.15) is 11.1 Å². The number of hydrazone groups is 1. The molecule has 8 heteroatoms. The van der Waals surface area contributed by atoms with Crippen molar-refractivity contribution in [1.29, 1.82) is 0 Å². The maximum Gasteiger partial charge on any atom is 0.416 e. The molecule has 2 aromatic rings. The molecule has 116 valence electrons. The van der Waals surface area contributed by atoms with Crippen LogP contribution in [0.25, 0.3) is 0 Å². The number of nitrogens with zero attached hydrogens (tertiary/aromatic N) is 1. The predicted octanol–water partition coefficient (Wildman–Crippen LogP) is 5.38. The maximum absolute atomic E-state index is 12.6. The third-order valence-corrected chi connectivity index (χ3v) is 3.71. The van der Waals surface area contributed by atoms with E-state index in [1.165, 1.54) is 18.3 Å². The van der Waals surface area contributed by atoms with Crippen molar-refractivity contribution in [3.8, 4) is 5.75 Å². The molecule has 0 spiro atoms. The Kier molecular flexibility index (Phi) is 5.12. The zero-order chi connectivity index (χ0) is 16.3. The molecule has 2 aromatic carbocycles. The summed E-state index contributed by atoms with van der Waals surface area (Å²) in [7, 11) is 0. The number of aromatic hydroxyl groups is 1. The first kappa shape index (κ1) is 16.8. The normalized spacial score (nSPS) is 11.9. The molecule has 0 aliphatic carbocycles. The molecule has 0 amide bonds. The molecule has 3 nitrogen and oxygen atoms in total. The minimum Gasteiger partial charge on any atom is -0.506 e. The average Bonchev–Trinajstić information content (AvgIpc) is 2.43. The van der Waals surface area contributed by atoms with E-state index in [4.69, 9.17) is 0 Å². The van der Waals surface area contributed by atoms with E-state index < -0.39 is 11.7 Å². The zero-order valence-electron chi connectivity index (χ0n) is 10.8. The number of benzene rings is 2. The van der Waals surface area contributed by atoms with Crippen LogP contribution in [0.2, 0.25) is 0 Å². The van der Waals surface area contributed by atoms with E-state index in [1.807, 2.05) is 0 Å². The Morgan fingerprint density at radius 2 is 1.86 bits per heavy atom. The fourth-order valence-corrected chi connectivity index (χ4v) is 2.88. The monoisotopic (exact) mass is 436 g/mol. The summed E-state index contributed by atoms with van der Waals surface area (Å²) in [5.41, 5.74) is 2.33. The van der Waals surface area contributed by atoms with Crippen LogP contribution >= 0.6 is 31.9 Å². The molecule has 2 rings (SSSR count). The summed E-state index contributed by atoms with van der Waals surface area (Å²) in [6.07, 6.45) is -3.10. The molecule has 0 aliphatic rings. The lowest BCUT2D eigenvalue weighted by Gasteiger charge is -2.08. The van der Waals surface area contributed by atoms with Crippen LogP contribution in [0.3, 0.4) is 0 Å². The first-order valence-electron chi connectivity index (χ1n) is 5.92. The lowest BCUT2D eigenvalue weighted by molar-refractivity contribution is -0.137. The molecule has 0 saturated carbocycles. The van der Waals surface area contributed by atoms with E-state index in [0.29, 0.717) is 10.0 Å². The van der Waals surface area contributed by atoms with Crippen LogP contribution in [0.4, 0.5) is 18.9 Å². The number of phenols is 1. The first-order valence-corrected chi connectivity index (χ1v) is 7.50. The zero-order valence-corrected chi connectivity index (χ0v) is 14.0. The second kappa shape index (κ2) is 6.70. The smallest absolute Gasteiger partial charge is 0.416 e. The molecular formula is C14H9Br2F3N2O. The summed E-state index contributed by atoms with van der Waals surface area (Å²) in [6, 6.07) is 7.96. The molecule has 0 unspecified atom stereocenters. The highest BCUT2D eigenvalue weighted by Gasteiger charge is 2.30. The Labute approximate surface area is 141 Å². The molecule has 0 saturated heterocycles. The van der Waals surface area contributed by atoms with Gasteiger partial charge < -0.3 is 5.11 Å². The van der Waals surface area contributed by atoms with Crippen molar-refractivity contribution in [1.82, 2.24) is 0 Å². The van der Waals surface area contributed by atoms with Gasteiger partial charge in [0.05, 0.1) is 21.9 Å². The van der Waals surface area contributed by atoms with Gasteiger partial charge in [-0.15, -0.1) is 0 Å². The second-order valence-electron chi connectivity index (χ2n) is 4.27. The third kappa shape index (κ3) is 4.23. The molecule has 0 heterocycles. The van der Waals surface area contributed by atoms with Gasteiger partial charge in [-0.1, -0.05) is 22.0 Å². The van der Waals surface area contributed by atoms with E-state index in [9.17, 15) is 18.3 Å². The average molecular weight is 438 g/mol. The number of alkyl halides is 3. The molecular weight excluding hydrogens is 429 g/mol. The van der Waals surface area contributed by atoms with Crippen molar-refractivity contribution in [2.45, 2.75) is 6.18 Å². The summed E-state index contributed by atoms with van der Waals surface area (Å²) in [5, 5.41) is 13.7. The van der Waals surface area contributed by atoms with Crippen molar-refractivity contribution >= 4 is 43.8 Å². The van der Waals surface area contributed by atoms with Gasteiger partial charge in [0.15, 0.2) is 0 Å². The van der Waals surface area contributed by atoms with E-state index in [1.54, 1.807) is 12.1 Å². The minimum absolute atomic E-state index is 0.0159. The van der Waals surface area contributed by atoms with Gasteiger partial charge in [-0.25, -0.2) is 0 Å². The number of nitrogens with one attached hydrogen (secondary N) is 1. The molecule has 0 radical (unpaired) electrons. The summed E-state index contributed by atoms with van der Waals surface area (Å²) < 4.78 is 39.0. The Hall–Kier alpha value is -1.54. The molecule has 0 aromatic heterocycles. The topological polar surface area (TPSA) is 44.6 Å². The van der Waals surface area contributed by atoms with E-state index in [-0.39, 0.29) is 11.4 Å². The molecule has 0 bridgehead atoms. The largest absolute Gasteiger partial charge is 0.506 e. The third-order valence-electron chi connectivity index (χ3n) is 2.64. The highest BCUT2D eigenvalue weighted by Crippen LogP contribution is 2.31. The van der Waals surface area contributed by atoms with Crippen LogP contribution in [0.15, 0.2) is 50.4 Å². The molecule has 0 fully saturated rings. The van der Waals surface area contributed by atoms with Gasteiger partial charge in [-0.3, -0.25) is 5.43 Å². The van der Waals surface area contributed by atoms with Gasteiger partial charge >= 0.3 is 6.18 Å². The lowest BCUT2D eigenvalue weighted by atomic mass is 10.2. The highest BCUT2D eigenvalue weighted by molar-refractivity contribution is 9.11. The SMILES string of the molecule is Oc1c(Br)cc(Br)cc1C=NNc1cccc(C(F)(F)F)c1. The second-order valence-corrected chi connectivity index (χ2v) is 6.04. The van der Waals surface area contributed by atoms with Crippen molar-refractivity contribution in [3.05, 3.63) is 56.5 Å². The Morgan fingerprint density at radius 3 is 2.55 bits per heavy atom. The van der Waals surface area contributed by atoms with Crippen molar-refractivity contribution in [3.63, 3.8) is 0 Å². The van der Waals surface area contributed by atoms with Crippen molar-refractivity contribution in [2.24, 2.45) is 5.10 Å². The molecule has 0 aliphatic heterocycles. The van der Waals surface area contributed by atoms with Crippen LogP contribution in [-0.2, 0) is 6.18 Å². The summed E-state index contributed by atoms with van der Waals surface area (Å²) in [5.74, 6) is -0.0159. The first-order chi connectivity index (χ1) is 10.3. The highest BCUT2D eigenvalue weighted by atomic mass is 79.9. The van der Waals surface area contributed by atoms with Crippen LogP contribution < -0.4 is 5.43 Å². The fourth-order valence-electron chi connectivity index (χ4n) is 1.63. The van der Waals surface area contributed by atoms with Crippen molar-refractivity contribution in [2.75, 3.05) is 5.43 Å². The van der Waals surface area contributed by atoms with E-state index >= 15 is 0 Å². The number of halogens is 5. The summed E-state index contributed by atoms with van der Waals surface area (Å²) in [6.45, 7) is 0. The Balaban J connectivity index is 2.17. The van der Waals surface area contributed by atoms with E-state index in [2.05, 4.69) is 42.4 Å². The quantitative estimate of drug-likeness (QED) is 0.500. The molecule has 22 heavy (non-hydrogen) atoms. The Morgan fingerprint density at radius 1 is 1.14 bits per heavy atom. The van der Waals surface area contributed by atoms with Gasteiger partial charge in [0.2, 0.25) is 0 Å². The Bertz CT molecular complexity index is 718. The number of phenolic OH excluding ortho intramolecular Hbond substituents is 1. The summed E-state index contributed by atoms with van der Waals surface area (Å²) >= 11 is 6.45. The van der Waals surface area contributed by atoms with E-state index in [0.717, 1.165) is 16.6 Å².